The molecule has 0 spiro atoms. The Balaban J connectivity index is 1.02. The van der Waals surface area contributed by atoms with Gasteiger partial charge in [-0.2, -0.15) is 0 Å². The summed E-state index contributed by atoms with van der Waals surface area (Å²) in [5.41, 5.74) is 0. The van der Waals surface area contributed by atoms with E-state index in [0.29, 0.717) is 35.9 Å². The molecule has 0 aromatic carbocycles. The Morgan fingerprint density at radius 3 is 0.977 bits per heavy atom. The summed E-state index contributed by atoms with van der Waals surface area (Å²) in [6, 6.07) is 0. The van der Waals surface area contributed by atoms with Gasteiger partial charge in [-0.05, 0) is 127 Å². The standard InChI is InChI=1S/C42H70O2/c1-3-5-7-9-11-33-43-41-29-21-37(22-30-41)15-13-35-17-25-39(26-18-35)40-27-19-36(20-28-40)14-16-38-23-31-42(32-24-38)44-34-12-10-8-6-4-2/h35-42H,3-12,17-34H2,1-2H3. The normalized spacial score (nSPS) is 32.7. The van der Waals surface area contributed by atoms with Crippen LogP contribution in [0.3, 0.4) is 0 Å². The van der Waals surface area contributed by atoms with E-state index in [1.165, 1.54) is 167 Å². The van der Waals surface area contributed by atoms with Crippen molar-refractivity contribution in [1.29, 1.82) is 0 Å². The molecule has 0 unspecified atom stereocenters. The average molecular weight is 607 g/mol. The molecule has 4 aliphatic carbocycles. The largest absolute Gasteiger partial charge is 0.378 e. The van der Waals surface area contributed by atoms with Gasteiger partial charge in [0.15, 0.2) is 0 Å². The summed E-state index contributed by atoms with van der Waals surface area (Å²) < 4.78 is 12.4. The molecule has 0 radical (unpaired) electrons. The first-order valence-electron chi connectivity index (χ1n) is 20.0. The first-order valence-corrected chi connectivity index (χ1v) is 20.0. The van der Waals surface area contributed by atoms with Gasteiger partial charge in [0, 0.05) is 36.9 Å². The van der Waals surface area contributed by atoms with Crippen LogP contribution in [0.5, 0.6) is 0 Å². The van der Waals surface area contributed by atoms with Crippen molar-refractivity contribution in [1.82, 2.24) is 0 Å². The summed E-state index contributed by atoms with van der Waals surface area (Å²) >= 11 is 0. The summed E-state index contributed by atoms with van der Waals surface area (Å²) in [5, 5.41) is 0. The minimum atomic E-state index is 0.505. The van der Waals surface area contributed by atoms with Crippen LogP contribution in [-0.2, 0) is 9.47 Å². The lowest BCUT2D eigenvalue weighted by atomic mass is 9.69. The smallest absolute Gasteiger partial charge is 0.0576 e. The Kier molecular flexibility index (Phi) is 17.7. The molecule has 2 nitrogen and oxygen atoms in total. The zero-order chi connectivity index (χ0) is 30.7. The second-order valence-electron chi connectivity index (χ2n) is 15.3. The fourth-order valence-corrected chi connectivity index (χ4v) is 8.60. The zero-order valence-corrected chi connectivity index (χ0v) is 29.2. The number of ether oxygens (including phenoxy) is 2. The van der Waals surface area contributed by atoms with Gasteiger partial charge in [0.25, 0.3) is 0 Å². The molecule has 0 bridgehead atoms. The summed E-state index contributed by atoms with van der Waals surface area (Å²) in [6.07, 6.45) is 35.3. The molecule has 4 aliphatic rings. The number of unbranched alkanes of at least 4 members (excludes halogenated alkanes) is 8. The van der Waals surface area contributed by atoms with Crippen LogP contribution in [-0.4, -0.2) is 25.4 Å². The molecule has 4 fully saturated rings. The SMILES string of the molecule is CCCCCCCOC1CCC(C#CC2CCC(C3CCC(C#CC4CCC(OCCCCCCC)CC4)CC3)CC2)CC1. The molecule has 0 saturated heterocycles. The molecule has 44 heavy (non-hydrogen) atoms. The third-order valence-electron chi connectivity index (χ3n) is 11.7. The number of hydrogen-bond acceptors (Lipinski definition) is 2. The Morgan fingerprint density at radius 1 is 0.364 bits per heavy atom. The molecule has 2 heteroatoms. The minimum Gasteiger partial charge on any atom is -0.378 e. The predicted molar refractivity (Wildman–Crippen MR) is 187 cm³/mol. The van der Waals surface area contributed by atoms with E-state index in [1.54, 1.807) is 0 Å². The highest BCUT2D eigenvalue weighted by molar-refractivity contribution is 5.11. The first kappa shape index (κ1) is 35.9. The molecule has 4 rings (SSSR count). The van der Waals surface area contributed by atoms with Gasteiger partial charge in [-0.25, -0.2) is 0 Å². The fourth-order valence-electron chi connectivity index (χ4n) is 8.60. The maximum absolute atomic E-state index is 6.19. The lowest BCUT2D eigenvalue weighted by Crippen LogP contribution is -2.25. The van der Waals surface area contributed by atoms with Gasteiger partial charge in [0.05, 0.1) is 12.2 Å². The summed E-state index contributed by atoms with van der Waals surface area (Å²) in [4.78, 5) is 0. The molecule has 0 aromatic rings. The topological polar surface area (TPSA) is 18.5 Å². The Labute approximate surface area is 274 Å². The minimum absolute atomic E-state index is 0.505. The molecule has 0 aliphatic heterocycles. The second kappa shape index (κ2) is 21.8. The van der Waals surface area contributed by atoms with E-state index in [2.05, 4.69) is 37.5 Å². The van der Waals surface area contributed by atoms with Crippen molar-refractivity contribution < 1.29 is 9.47 Å². The summed E-state index contributed by atoms with van der Waals surface area (Å²) in [6.45, 7) is 6.51. The molecular formula is C42H70O2. The summed E-state index contributed by atoms with van der Waals surface area (Å²) in [5.74, 6) is 19.5. The Morgan fingerprint density at radius 2 is 0.659 bits per heavy atom. The van der Waals surface area contributed by atoms with Gasteiger partial charge in [-0.1, -0.05) is 88.9 Å². The van der Waals surface area contributed by atoms with E-state index in [1.807, 2.05) is 0 Å². The lowest BCUT2D eigenvalue weighted by molar-refractivity contribution is 0.0208. The molecule has 4 saturated carbocycles. The van der Waals surface area contributed by atoms with Gasteiger partial charge in [0.2, 0.25) is 0 Å². The third kappa shape index (κ3) is 13.8. The van der Waals surface area contributed by atoms with Crippen molar-refractivity contribution in [3.05, 3.63) is 0 Å². The van der Waals surface area contributed by atoms with Gasteiger partial charge in [0.1, 0.15) is 0 Å². The van der Waals surface area contributed by atoms with Gasteiger partial charge in [-0.15, -0.1) is 0 Å². The van der Waals surface area contributed by atoms with Crippen LogP contribution in [0.4, 0.5) is 0 Å². The fraction of sp³-hybridized carbons (Fsp3) is 0.905. The second-order valence-corrected chi connectivity index (χ2v) is 15.3. The molecule has 0 heterocycles. The van der Waals surface area contributed by atoms with E-state index in [-0.39, 0.29) is 0 Å². The van der Waals surface area contributed by atoms with Crippen LogP contribution in [0.15, 0.2) is 0 Å². The van der Waals surface area contributed by atoms with Crippen LogP contribution in [0.2, 0.25) is 0 Å². The highest BCUT2D eigenvalue weighted by atomic mass is 16.5. The zero-order valence-electron chi connectivity index (χ0n) is 29.2. The monoisotopic (exact) mass is 607 g/mol. The maximum Gasteiger partial charge on any atom is 0.0576 e. The number of rotatable bonds is 15. The van der Waals surface area contributed by atoms with Crippen LogP contribution in [0.1, 0.15) is 181 Å². The van der Waals surface area contributed by atoms with Crippen LogP contribution >= 0.6 is 0 Å². The van der Waals surface area contributed by atoms with Crippen LogP contribution in [0.25, 0.3) is 0 Å². The van der Waals surface area contributed by atoms with Crippen molar-refractivity contribution in [2.75, 3.05) is 13.2 Å². The van der Waals surface area contributed by atoms with E-state index in [0.717, 1.165) is 25.0 Å². The van der Waals surface area contributed by atoms with E-state index >= 15 is 0 Å². The van der Waals surface area contributed by atoms with Crippen molar-refractivity contribution in [2.24, 2.45) is 35.5 Å². The van der Waals surface area contributed by atoms with Crippen molar-refractivity contribution in [3.63, 3.8) is 0 Å². The third-order valence-corrected chi connectivity index (χ3v) is 11.7. The Hall–Kier alpha value is -0.960. The molecule has 0 N–H and O–H groups in total. The lowest BCUT2D eigenvalue weighted by Gasteiger charge is -2.36. The molecule has 250 valence electrons. The molecule has 0 amide bonds. The van der Waals surface area contributed by atoms with E-state index in [4.69, 9.17) is 9.47 Å². The number of hydrogen-bond donors (Lipinski definition) is 0. The Bertz CT molecular complexity index is 768. The van der Waals surface area contributed by atoms with E-state index < -0.39 is 0 Å². The first-order chi connectivity index (χ1) is 21.7. The molecule has 0 atom stereocenters. The van der Waals surface area contributed by atoms with Gasteiger partial charge < -0.3 is 9.47 Å². The van der Waals surface area contributed by atoms with E-state index in [9.17, 15) is 0 Å². The summed E-state index contributed by atoms with van der Waals surface area (Å²) in [7, 11) is 0. The highest BCUT2D eigenvalue weighted by Gasteiger charge is 2.30. The maximum atomic E-state index is 6.19. The van der Waals surface area contributed by atoms with Crippen LogP contribution in [0, 0.1) is 59.2 Å². The van der Waals surface area contributed by atoms with Crippen molar-refractivity contribution >= 4 is 0 Å². The quantitative estimate of drug-likeness (QED) is 0.136. The van der Waals surface area contributed by atoms with Gasteiger partial charge >= 0.3 is 0 Å². The molecule has 0 aromatic heterocycles. The predicted octanol–water partition coefficient (Wildman–Crippen LogP) is 11.7. The van der Waals surface area contributed by atoms with Gasteiger partial charge in [-0.3, -0.25) is 0 Å². The van der Waals surface area contributed by atoms with Crippen molar-refractivity contribution in [3.8, 4) is 23.7 Å². The van der Waals surface area contributed by atoms with Crippen molar-refractivity contribution in [2.45, 2.75) is 193 Å². The highest BCUT2D eigenvalue weighted by Crippen LogP contribution is 2.41. The van der Waals surface area contributed by atoms with Crippen LogP contribution < -0.4 is 0 Å². The average Bonchev–Trinajstić information content (AvgIpc) is 3.07. The molecular weight excluding hydrogens is 536 g/mol.